The maximum absolute atomic E-state index is 14.0. The van der Waals surface area contributed by atoms with Crippen LogP contribution in [0.25, 0.3) is 11.2 Å². The number of para-hydroxylation sites is 1. The van der Waals surface area contributed by atoms with Gasteiger partial charge in [-0.15, -0.1) is 0 Å². The topological polar surface area (TPSA) is 90.9 Å². The normalized spacial score (nSPS) is 11.3. The van der Waals surface area contributed by atoms with Crippen molar-refractivity contribution in [1.82, 2.24) is 18.7 Å². The fraction of sp³-hybridized carbons (Fsp3) is 0.280. The summed E-state index contributed by atoms with van der Waals surface area (Å²) in [6.45, 7) is 4.35. The lowest BCUT2D eigenvalue weighted by Gasteiger charge is -2.13. The first-order chi connectivity index (χ1) is 16.3. The Hall–Kier alpha value is -4.01. The number of nitrogens with one attached hydrogen (secondary N) is 1. The minimum atomic E-state index is -0.678. The van der Waals surface area contributed by atoms with Gasteiger partial charge in [0.05, 0.1) is 18.6 Å². The smallest absolute Gasteiger partial charge is 0.325 e. The lowest BCUT2D eigenvalue weighted by atomic mass is 10.1. The van der Waals surface area contributed by atoms with Gasteiger partial charge in [0.25, 0.3) is 5.56 Å². The number of anilines is 1. The standard InChI is InChI=1S/C25H26FN5O3/c1-17(2)12-13-29-16-27-23-22(29)24(33)31(15-21(32)28-20-11-7-6-10-19(20)26)25(34)30(23)14-18-8-4-3-5-9-18/h3-11,16-17H,12-15H2,1-2H3,(H,28,32). The van der Waals surface area contributed by atoms with Gasteiger partial charge < -0.3 is 9.88 Å². The summed E-state index contributed by atoms with van der Waals surface area (Å²) < 4.78 is 18.0. The minimum Gasteiger partial charge on any atom is -0.325 e. The lowest BCUT2D eigenvalue weighted by molar-refractivity contribution is -0.116. The number of nitrogens with zero attached hydrogens (tertiary/aromatic N) is 4. The Morgan fingerprint density at radius 3 is 2.44 bits per heavy atom. The maximum atomic E-state index is 14.0. The second-order valence-corrected chi connectivity index (χ2v) is 8.57. The molecule has 176 valence electrons. The third-order valence-corrected chi connectivity index (χ3v) is 5.56. The molecule has 4 aromatic rings. The van der Waals surface area contributed by atoms with E-state index >= 15 is 0 Å². The van der Waals surface area contributed by atoms with Crippen molar-refractivity contribution in [2.45, 2.75) is 39.9 Å². The molecule has 9 heteroatoms. The molecular formula is C25H26FN5O3. The minimum absolute atomic E-state index is 0.0202. The average molecular weight is 464 g/mol. The summed E-state index contributed by atoms with van der Waals surface area (Å²) >= 11 is 0. The van der Waals surface area contributed by atoms with Crippen molar-refractivity contribution < 1.29 is 9.18 Å². The highest BCUT2D eigenvalue weighted by Gasteiger charge is 2.20. The summed E-state index contributed by atoms with van der Waals surface area (Å²) in [5, 5.41) is 2.43. The first kappa shape index (κ1) is 23.2. The first-order valence-corrected chi connectivity index (χ1v) is 11.1. The molecule has 8 nitrogen and oxygen atoms in total. The van der Waals surface area contributed by atoms with Crippen LogP contribution in [0, 0.1) is 11.7 Å². The van der Waals surface area contributed by atoms with Crippen LogP contribution < -0.4 is 16.6 Å². The molecule has 2 aromatic carbocycles. The molecule has 0 unspecified atom stereocenters. The number of hydrogen-bond donors (Lipinski definition) is 1. The monoisotopic (exact) mass is 463 g/mol. The zero-order valence-electron chi connectivity index (χ0n) is 19.1. The maximum Gasteiger partial charge on any atom is 0.333 e. The molecule has 0 aliphatic carbocycles. The summed E-state index contributed by atoms with van der Waals surface area (Å²) in [6, 6.07) is 15.0. The third kappa shape index (κ3) is 4.83. The van der Waals surface area contributed by atoms with Crippen molar-refractivity contribution in [3.05, 3.63) is 93.1 Å². The molecule has 2 aromatic heterocycles. The molecule has 1 amide bonds. The van der Waals surface area contributed by atoms with E-state index in [0.29, 0.717) is 12.5 Å². The van der Waals surface area contributed by atoms with Gasteiger partial charge in [0.2, 0.25) is 5.91 Å². The van der Waals surface area contributed by atoms with Gasteiger partial charge in [0, 0.05) is 6.54 Å². The lowest BCUT2D eigenvalue weighted by Crippen LogP contribution is -2.43. The molecule has 0 atom stereocenters. The number of imidazole rings is 1. The van der Waals surface area contributed by atoms with Gasteiger partial charge in [-0.05, 0) is 30.0 Å². The van der Waals surface area contributed by atoms with Crippen LogP contribution in [0.1, 0.15) is 25.8 Å². The van der Waals surface area contributed by atoms with Crippen LogP contribution in [-0.4, -0.2) is 24.6 Å². The predicted molar refractivity (Wildman–Crippen MR) is 128 cm³/mol. The van der Waals surface area contributed by atoms with E-state index in [-0.39, 0.29) is 23.4 Å². The van der Waals surface area contributed by atoms with Gasteiger partial charge in [0.1, 0.15) is 12.4 Å². The van der Waals surface area contributed by atoms with Crippen LogP contribution in [0.5, 0.6) is 0 Å². The third-order valence-electron chi connectivity index (χ3n) is 5.56. The van der Waals surface area contributed by atoms with Crippen LogP contribution in [0.3, 0.4) is 0 Å². The number of halogens is 1. The second-order valence-electron chi connectivity index (χ2n) is 8.57. The zero-order chi connectivity index (χ0) is 24.2. The Labute approximate surface area is 195 Å². The van der Waals surface area contributed by atoms with E-state index in [4.69, 9.17) is 0 Å². The quantitative estimate of drug-likeness (QED) is 0.434. The molecule has 4 rings (SSSR count). The van der Waals surface area contributed by atoms with Gasteiger partial charge in [-0.25, -0.2) is 18.7 Å². The fourth-order valence-electron chi connectivity index (χ4n) is 3.75. The van der Waals surface area contributed by atoms with E-state index in [2.05, 4.69) is 24.1 Å². The van der Waals surface area contributed by atoms with Crippen molar-refractivity contribution in [3.63, 3.8) is 0 Å². The van der Waals surface area contributed by atoms with Crippen LogP contribution >= 0.6 is 0 Å². The molecule has 34 heavy (non-hydrogen) atoms. The molecular weight excluding hydrogens is 437 g/mol. The van der Waals surface area contributed by atoms with Gasteiger partial charge in [-0.2, -0.15) is 0 Å². The summed E-state index contributed by atoms with van der Waals surface area (Å²) in [7, 11) is 0. The highest BCUT2D eigenvalue weighted by molar-refractivity contribution is 5.90. The molecule has 0 aliphatic rings. The molecule has 0 bridgehead atoms. The molecule has 0 aliphatic heterocycles. The largest absolute Gasteiger partial charge is 0.333 e. The van der Waals surface area contributed by atoms with E-state index in [1.807, 2.05) is 30.3 Å². The molecule has 1 N–H and O–H groups in total. The number of benzene rings is 2. The van der Waals surface area contributed by atoms with E-state index in [1.54, 1.807) is 17.0 Å². The number of rotatable bonds is 8. The van der Waals surface area contributed by atoms with E-state index in [0.717, 1.165) is 16.6 Å². The fourth-order valence-corrected chi connectivity index (χ4v) is 3.75. The molecule has 0 radical (unpaired) electrons. The molecule has 0 spiro atoms. The van der Waals surface area contributed by atoms with Gasteiger partial charge >= 0.3 is 5.69 Å². The Bertz CT molecular complexity index is 1440. The average Bonchev–Trinajstić information content (AvgIpc) is 3.24. The Morgan fingerprint density at radius 1 is 1.03 bits per heavy atom. The van der Waals surface area contributed by atoms with E-state index in [9.17, 15) is 18.8 Å². The van der Waals surface area contributed by atoms with Crippen LogP contribution in [0.15, 0.2) is 70.5 Å². The Kier molecular flexibility index (Phi) is 6.72. The number of hydrogen-bond acceptors (Lipinski definition) is 4. The molecule has 0 saturated heterocycles. The molecule has 2 heterocycles. The summed E-state index contributed by atoms with van der Waals surface area (Å²) in [4.78, 5) is 43.8. The van der Waals surface area contributed by atoms with E-state index in [1.165, 1.54) is 22.8 Å². The number of fused-ring (bicyclic) bond motifs is 1. The number of carbonyl (C=O) groups is 1. The Balaban J connectivity index is 1.79. The van der Waals surface area contributed by atoms with Gasteiger partial charge in [-0.1, -0.05) is 56.3 Å². The highest BCUT2D eigenvalue weighted by Crippen LogP contribution is 2.14. The van der Waals surface area contributed by atoms with Gasteiger partial charge in [-0.3, -0.25) is 14.2 Å². The van der Waals surface area contributed by atoms with Crippen molar-refractivity contribution in [3.8, 4) is 0 Å². The van der Waals surface area contributed by atoms with Crippen LogP contribution in [0.2, 0.25) is 0 Å². The van der Waals surface area contributed by atoms with Crippen LogP contribution in [-0.2, 0) is 24.4 Å². The van der Waals surface area contributed by atoms with Crippen molar-refractivity contribution >= 4 is 22.8 Å². The summed E-state index contributed by atoms with van der Waals surface area (Å²) in [6.07, 6.45) is 2.37. The first-order valence-electron chi connectivity index (χ1n) is 11.1. The Morgan fingerprint density at radius 2 is 1.74 bits per heavy atom. The predicted octanol–water partition coefficient (Wildman–Crippen LogP) is 3.23. The molecule has 0 fully saturated rings. The number of amides is 1. The van der Waals surface area contributed by atoms with Crippen LogP contribution in [0.4, 0.5) is 10.1 Å². The van der Waals surface area contributed by atoms with Crippen molar-refractivity contribution in [2.24, 2.45) is 5.92 Å². The highest BCUT2D eigenvalue weighted by atomic mass is 19.1. The van der Waals surface area contributed by atoms with Gasteiger partial charge in [0.15, 0.2) is 11.2 Å². The summed E-state index contributed by atoms with van der Waals surface area (Å²) in [5.41, 5.74) is 0.105. The molecule has 0 saturated carbocycles. The van der Waals surface area contributed by atoms with E-state index < -0.39 is 29.5 Å². The number of aryl methyl sites for hydroxylation is 1. The number of carbonyl (C=O) groups excluding carboxylic acids is 1. The number of aromatic nitrogens is 4. The SMILES string of the molecule is CC(C)CCn1cnc2c1c(=O)n(CC(=O)Nc1ccccc1F)c(=O)n2Cc1ccccc1. The summed E-state index contributed by atoms with van der Waals surface area (Å²) in [5.74, 6) is -0.878. The zero-order valence-corrected chi connectivity index (χ0v) is 19.1. The van der Waals surface area contributed by atoms with Crippen molar-refractivity contribution in [1.29, 1.82) is 0 Å². The second kappa shape index (κ2) is 9.86. The van der Waals surface area contributed by atoms with Crippen molar-refractivity contribution in [2.75, 3.05) is 5.32 Å².